The molecule has 3 aromatic carbocycles. The molecular formula is C24H22N2O3. The summed E-state index contributed by atoms with van der Waals surface area (Å²) < 4.78 is 0. The van der Waals surface area contributed by atoms with Crippen molar-refractivity contribution in [3.8, 4) is 0 Å². The Labute approximate surface area is 169 Å². The van der Waals surface area contributed by atoms with Gasteiger partial charge >= 0.3 is 6.03 Å². The molecule has 2 unspecified atom stereocenters. The number of para-hydroxylation sites is 1. The first-order valence-electron chi connectivity index (χ1n) is 9.60. The van der Waals surface area contributed by atoms with Crippen LogP contribution in [0.4, 0.5) is 10.5 Å². The Kier molecular flexibility index (Phi) is 5.40. The van der Waals surface area contributed by atoms with Crippen LogP contribution in [0.25, 0.3) is 0 Å². The molecule has 2 atom stereocenters. The summed E-state index contributed by atoms with van der Waals surface area (Å²) in [4.78, 5) is 29.0. The number of aliphatic hydroxyl groups is 1. The number of carbonyl (C=O) groups is 2. The molecule has 3 aromatic rings. The van der Waals surface area contributed by atoms with Crippen molar-refractivity contribution in [2.45, 2.75) is 19.2 Å². The van der Waals surface area contributed by atoms with Crippen molar-refractivity contribution in [2.24, 2.45) is 5.92 Å². The number of imide groups is 1. The molecule has 1 saturated heterocycles. The third-order valence-corrected chi connectivity index (χ3v) is 5.16. The van der Waals surface area contributed by atoms with Gasteiger partial charge in [0.15, 0.2) is 0 Å². The lowest BCUT2D eigenvalue weighted by Crippen LogP contribution is -2.62. The first-order valence-corrected chi connectivity index (χ1v) is 9.60. The van der Waals surface area contributed by atoms with E-state index in [1.165, 1.54) is 9.80 Å². The van der Waals surface area contributed by atoms with Gasteiger partial charge in [0, 0.05) is 5.69 Å². The second-order valence-electron chi connectivity index (χ2n) is 7.11. The highest BCUT2D eigenvalue weighted by atomic mass is 16.3. The maximum atomic E-state index is 13.3. The molecule has 1 N–H and O–H groups in total. The van der Waals surface area contributed by atoms with Crippen LogP contribution >= 0.6 is 0 Å². The summed E-state index contributed by atoms with van der Waals surface area (Å²) in [6.07, 6.45) is -0.882. The Balaban J connectivity index is 1.70. The molecule has 0 aromatic heterocycles. The van der Waals surface area contributed by atoms with E-state index < -0.39 is 18.2 Å². The number of anilines is 1. The van der Waals surface area contributed by atoms with Crippen LogP contribution in [-0.2, 0) is 17.8 Å². The summed E-state index contributed by atoms with van der Waals surface area (Å²) in [5, 5.41) is 11.0. The molecule has 4 rings (SSSR count). The molecule has 1 fully saturated rings. The number of hydrogen-bond donors (Lipinski definition) is 1. The predicted molar refractivity (Wildman–Crippen MR) is 111 cm³/mol. The van der Waals surface area contributed by atoms with Gasteiger partial charge in [0.05, 0.1) is 12.5 Å². The Morgan fingerprint density at radius 3 is 1.83 bits per heavy atom. The number of urea groups is 1. The van der Waals surface area contributed by atoms with Crippen molar-refractivity contribution in [1.29, 1.82) is 0 Å². The molecule has 5 nitrogen and oxygen atoms in total. The molecule has 29 heavy (non-hydrogen) atoms. The highest BCUT2D eigenvalue weighted by molar-refractivity contribution is 6.07. The number of nitrogens with zero attached hydrogens (tertiary/aromatic N) is 2. The van der Waals surface area contributed by atoms with E-state index in [0.717, 1.165) is 11.1 Å². The number of amides is 3. The third-order valence-electron chi connectivity index (χ3n) is 5.16. The van der Waals surface area contributed by atoms with Crippen molar-refractivity contribution in [3.63, 3.8) is 0 Å². The number of carbonyl (C=O) groups excluding carboxylic acids is 2. The predicted octanol–water partition coefficient (Wildman–Crippen LogP) is 3.83. The van der Waals surface area contributed by atoms with Crippen LogP contribution in [0.3, 0.4) is 0 Å². The summed E-state index contributed by atoms with van der Waals surface area (Å²) in [6, 6.07) is 27.4. The van der Waals surface area contributed by atoms with E-state index in [9.17, 15) is 14.7 Å². The summed E-state index contributed by atoms with van der Waals surface area (Å²) in [7, 11) is 0. The molecule has 0 radical (unpaired) electrons. The van der Waals surface area contributed by atoms with E-state index >= 15 is 0 Å². The van der Waals surface area contributed by atoms with Crippen molar-refractivity contribution >= 4 is 17.6 Å². The van der Waals surface area contributed by atoms with Crippen molar-refractivity contribution in [2.75, 3.05) is 4.90 Å². The summed E-state index contributed by atoms with van der Waals surface area (Å²) >= 11 is 0. The molecule has 1 aliphatic heterocycles. The van der Waals surface area contributed by atoms with E-state index in [2.05, 4.69) is 0 Å². The smallest absolute Gasteiger partial charge is 0.333 e. The van der Waals surface area contributed by atoms with Crippen LogP contribution in [0, 0.1) is 5.92 Å². The van der Waals surface area contributed by atoms with Crippen LogP contribution < -0.4 is 4.90 Å². The number of hydrogen-bond acceptors (Lipinski definition) is 3. The van der Waals surface area contributed by atoms with Crippen LogP contribution in [-0.4, -0.2) is 28.2 Å². The fourth-order valence-electron chi connectivity index (χ4n) is 3.67. The van der Waals surface area contributed by atoms with Gasteiger partial charge in [-0.25, -0.2) is 4.79 Å². The van der Waals surface area contributed by atoms with Gasteiger partial charge in [-0.1, -0.05) is 78.9 Å². The summed E-state index contributed by atoms with van der Waals surface area (Å²) in [5.74, 6) is -1.11. The maximum Gasteiger partial charge on any atom is 0.333 e. The van der Waals surface area contributed by atoms with E-state index in [-0.39, 0.29) is 12.5 Å². The second-order valence-corrected chi connectivity index (χ2v) is 7.11. The van der Waals surface area contributed by atoms with Gasteiger partial charge in [-0.05, 0) is 29.7 Å². The van der Waals surface area contributed by atoms with Gasteiger partial charge in [-0.2, -0.15) is 0 Å². The van der Waals surface area contributed by atoms with Crippen molar-refractivity contribution < 1.29 is 14.7 Å². The lowest BCUT2D eigenvalue weighted by atomic mass is 9.93. The Morgan fingerprint density at radius 2 is 1.24 bits per heavy atom. The van der Waals surface area contributed by atoms with Gasteiger partial charge in [0.25, 0.3) is 0 Å². The van der Waals surface area contributed by atoms with Crippen LogP contribution in [0.15, 0.2) is 91.0 Å². The molecule has 146 valence electrons. The summed E-state index contributed by atoms with van der Waals surface area (Å²) in [5.41, 5.74) is 2.36. The van der Waals surface area contributed by atoms with E-state index in [1.807, 2.05) is 66.7 Å². The molecule has 0 aliphatic carbocycles. The minimum absolute atomic E-state index is 0.167. The SMILES string of the molecule is O=C1C(Cc2ccccc2)C(O)N(c2ccccc2)C(=O)N1Cc1ccccc1. The van der Waals surface area contributed by atoms with Crippen molar-refractivity contribution in [1.82, 2.24) is 4.90 Å². The zero-order valence-electron chi connectivity index (χ0n) is 15.9. The third kappa shape index (κ3) is 3.91. The standard InChI is InChI=1S/C24H22N2O3/c27-22-21(16-18-10-4-1-5-11-18)23(28)26(20-14-8-3-9-15-20)24(29)25(22)17-19-12-6-2-7-13-19/h1-15,21,23,28H,16-17H2. The molecule has 5 heteroatoms. The van der Waals surface area contributed by atoms with E-state index in [4.69, 9.17) is 0 Å². The maximum absolute atomic E-state index is 13.3. The first-order chi connectivity index (χ1) is 14.1. The molecule has 0 saturated carbocycles. The number of aliphatic hydroxyl groups excluding tert-OH is 1. The topological polar surface area (TPSA) is 60.9 Å². The van der Waals surface area contributed by atoms with Gasteiger partial charge in [-0.15, -0.1) is 0 Å². The molecule has 0 spiro atoms. The van der Waals surface area contributed by atoms with Gasteiger partial charge in [0.2, 0.25) is 5.91 Å². The summed E-state index contributed by atoms with van der Waals surface area (Å²) in [6.45, 7) is 0.167. The minimum Gasteiger partial charge on any atom is -0.372 e. The molecule has 1 aliphatic rings. The molecule has 1 heterocycles. The van der Waals surface area contributed by atoms with Crippen molar-refractivity contribution in [3.05, 3.63) is 102 Å². The lowest BCUT2D eigenvalue weighted by Gasteiger charge is -2.42. The fraction of sp³-hybridized carbons (Fsp3) is 0.167. The molecule has 3 amide bonds. The van der Waals surface area contributed by atoms with Gasteiger partial charge < -0.3 is 5.11 Å². The highest BCUT2D eigenvalue weighted by Crippen LogP contribution is 2.30. The average Bonchev–Trinajstić information content (AvgIpc) is 2.77. The van der Waals surface area contributed by atoms with Crippen LogP contribution in [0.1, 0.15) is 11.1 Å². The zero-order chi connectivity index (χ0) is 20.2. The van der Waals surface area contributed by atoms with Crippen LogP contribution in [0.5, 0.6) is 0 Å². The normalized spacial score (nSPS) is 19.5. The van der Waals surface area contributed by atoms with E-state index in [1.54, 1.807) is 24.3 Å². The van der Waals surface area contributed by atoms with Gasteiger partial charge in [-0.3, -0.25) is 14.6 Å². The molecular weight excluding hydrogens is 364 g/mol. The Morgan fingerprint density at radius 1 is 0.724 bits per heavy atom. The Bertz CT molecular complexity index is 977. The number of benzene rings is 3. The van der Waals surface area contributed by atoms with E-state index in [0.29, 0.717) is 12.1 Å². The monoisotopic (exact) mass is 386 g/mol. The zero-order valence-corrected chi connectivity index (χ0v) is 15.9. The highest BCUT2D eigenvalue weighted by Gasteiger charge is 2.46. The lowest BCUT2D eigenvalue weighted by molar-refractivity contribution is -0.139. The Hall–Kier alpha value is -3.44. The van der Waals surface area contributed by atoms with Crippen LogP contribution in [0.2, 0.25) is 0 Å². The quantitative estimate of drug-likeness (QED) is 0.725. The average molecular weight is 386 g/mol. The minimum atomic E-state index is -1.23. The first kappa shape index (κ1) is 18.9. The number of rotatable bonds is 5. The fourth-order valence-corrected chi connectivity index (χ4v) is 3.67. The van der Waals surface area contributed by atoms with Gasteiger partial charge in [0.1, 0.15) is 6.23 Å². The largest absolute Gasteiger partial charge is 0.372 e. The second kappa shape index (κ2) is 8.29. The molecule has 0 bridgehead atoms.